The summed E-state index contributed by atoms with van der Waals surface area (Å²) in [5.41, 5.74) is 7.09. The van der Waals surface area contributed by atoms with E-state index in [-0.39, 0.29) is 5.91 Å². The van der Waals surface area contributed by atoms with Gasteiger partial charge in [0.2, 0.25) is 5.91 Å². The highest BCUT2D eigenvalue weighted by Gasteiger charge is 2.30. The number of carbonyl (C=O) groups is 1. The van der Waals surface area contributed by atoms with Crippen LogP contribution in [0.2, 0.25) is 0 Å². The van der Waals surface area contributed by atoms with Gasteiger partial charge in [-0.15, -0.1) is 0 Å². The molecule has 5 heteroatoms. The van der Waals surface area contributed by atoms with Gasteiger partial charge in [0.05, 0.1) is 12.2 Å². The largest absolute Gasteiger partial charge is 0.389 e. The van der Waals surface area contributed by atoms with Crippen LogP contribution in [0.5, 0.6) is 0 Å². The number of carbonyl (C=O) groups excluding carboxylic acids is 1. The van der Waals surface area contributed by atoms with Crippen LogP contribution in [0, 0.1) is 0 Å². The van der Waals surface area contributed by atoms with Crippen molar-refractivity contribution in [3.63, 3.8) is 0 Å². The Kier molecular flexibility index (Phi) is 5.31. The number of nitrogens with two attached hydrogens (primary N) is 1. The molecule has 0 aliphatic carbocycles. The molecule has 2 rings (SSSR count). The number of nitrogens with zero attached hydrogens (tertiary/aromatic N) is 1. The summed E-state index contributed by atoms with van der Waals surface area (Å²) in [6.45, 7) is 4.78. The molecule has 2 unspecified atom stereocenters. The summed E-state index contributed by atoms with van der Waals surface area (Å²) in [6, 6.07) is 8.36. The van der Waals surface area contributed by atoms with E-state index in [2.05, 4.69) is 24.1 Å². The van der Waals surface area contributed by atoms with Crippen LogP contribution in [0.1, 0.15) is 38.7 Å². The first-order valence-corrected chi connectivity index (χ1v) is 7.88. The van der Waals surface area contributed by atoms with E-state index >= 15 is 0 Å². The molecule has 0 spiro atoms. The van der Waals surface area contributed by atoms with Crippen molar-refractivity contribution >= 4 is 28.8 Å². The zero-order chi connectivity index (χ0) is 15.4. The fourth-order valence-corrected chi connectivity index (χ4v) is 3.19. The van der Waals surface area contributed by atoms with Crippen LogP contribution < -0.4 is 11.1 Å². The van der Waals surface area contributed by atoms with E-state index in [9.17, 15) is 4.79 Å². The normalized spacial score (nSPS) is 22.2. The van der Waals surface area contributed by atoms with Crippen molar-refractivity contribution in [2.24, 2.45) is 5.73 Å². The summed E-state index contributed by atoms with van der Waals surface area (Å²) in [7, 11) is 0. The molecule has 1 aliphatic rings. The predicted octanol–water partition coefficient (Wildman–Crippen LogP) is 2.52. The van der Waals surface area contributed by atoms with Gasteiger partial charge in [0.1, 0.15) is 4.99 Å². The lowest BCUT2D eigenvalue weighted by molar-refractivity contribution is -0.118. The molecule has 3 N–H and O–H groups in total. The van der Waals surface area contributed by atoms with Gasteiger partial charge in [0, 0.05) is 17.6 Å². The van der Waals surface area contributed by atoms with E-state index in [0.29, 0.717) is 34.9 Å². The molecule has 21 heavy (non-hydrogen) atoms. The number of amides is 1. The van der Waals surface area contributed by atoms with Gasteiger partial charge in [-0.3, -0.25) is 9.69 Å². The van der Waals surface area contributed by atoms with Crippen molar-refractivity contribution < 1.29 is 4.79 Å². The highest BCUT2D eigenvalue weighted by atomic mass is 32.1. The van der Waals surface area contributed by atoms with E-state index in [0.717, 1.165) is 12.8 Å². The molecule has 1 heterocycles. The lowest BCUT2D eigenvalue weighted by atomic mass is 10.1. The van der Waals surface area contributed by atoms with Crippen LogP contribution in [-0.4, -0.2) is 34.4 Å². The molecule has 2 atom stereocenters. The molecule has 0 bridgehead atoms. The van der Waals surface area contributed by atoms with Gasteiger partial charge in [0.15, 0.2) is 0 Å². The number of likely N-dealkylation sites (tertiary alicyclic amines) is 1. The first-order chi connectivity index (χ1) is 10.0. The monoisotopic (exact) mass is 305 g/mol. The Balaban J connectivity index is 2.04. The molecule has 0 radical (unpaired) electrons. The maximum Gasteiger partial charge on any atom is 0.238 e. The molecule has 1 saturated heterocycles. The molecule has 1 aliphatic heterocycles. The second-order valence-electron chi connectivity index (χ2n) is 5.62. The SMILES string of the molecule is CCC1CCC(C)N1CC(=O)Nc1ccccc1C(N)=S. The van der Waals surface area contributed by atoms with Crippen LogP contribution in [0.25, 0.3) is 0 Å². The second kappa shape index (κ2) is 7.00. The first-order valence-electron chi connectivity index (χ1n) is 7.47. The number of hydrogen-bond donors (Lipinski definition) is 2. The van der Waals surface area contributed by atoms with E-state index in [1.54, 1.807) is 0 Å². The van der Waals surface area contributed by atoms with Gasteiger partial charge in [-0.1, -0.05) is 31.3 Å². The molecular formula is C16H23N3OS. The molecule has 4 nitrogen and oxygen atoms in total. The third-order valence-corrected chi connectivity index (χ3v) is 4.44. The summed E-state index contributed by atoms with van der Waals surface area (Å²) in [5, 5.41) is 2.94. The standard InChI is InChI=1S/C16H23N3OS/c1-3-12-9-8-11(2)19(12)10-15(20)18-14-7-5-4-6-13(14)16(17)21/h4-7,11-12H,3,8-10H2,1-2H3,(H2,17,21)(H,18,20). The lowest BCUT2D eigenvalue weighted by Crippen LogP contribution is -2.40. The van der Waals surface area contributed by atoms with Crippen LogP contribution in [0.3, 0.4) is 0 Å². The summed E-state index contributed by atoms with van der Waals surface area (Å²) < 4.78 is 0. The maximum atomic E-state index is 12.3. The van der Waals surface area contributed by atoms with E-state index in [4.69, 9.17) is 18.0 Å². The van der Waals surface area contributed by atoms with Gasteiger partial charge in [-0.25, -0.2) is 0 Å². The molecule has 1 fully saturated rings. The van der Waals surface area contributed by atoms with Gasteiger partial charge < -0.3 is 11.1 Å². The van der Waals surface area contributed by atoms with Crippen molar-refractivity contribution in [3.05, 3.63) is 29.8 Å². The van der Waals surface area contributed by atoms with E-state index < -0.39 is 0 Å². The summed E-state index contributed by atoms with van der Waals surface area (Å²) in [5.74, 6) is -0.00843. The Morgan fingerprint density at radius 1 is 1.43 bits per heavy atom. The third-order valence-electron chi connectivity index (χ3n) is 4.22. The zero-order valence-corrected chi connectivity index (χ0v) is 13.5. The average molecular weight is 305 g/mol. The molecule has 1 aromatic rings. The zero-order valence-electron chi connectivity index (χ0n) is 12.6. The molecule has 114 valence electrons. The van der Waals surface area contributed by atoms with Gasteiger partial charge >= 0.3 is 0 Å². The van der Waals surface area contributed by atoms with Crippen LogP contribution >= 0.6 is 12.2 Å². The van der Waals surface area contributed by atoms with Gasteiger partial charge in [-0.2, -0.15) is 0 Å². The average Bonchev–Trinajstić information content (AvgIpc) is 2.80. The molecule has 0 saturated carbocycles. The van der Waals surface area contributed by atoms with Crippen molar-refractivity contribution in [3.8, 4) is 0 Å². The number of benzene rings is 1. The molecule has 1 aromatic carbocycles. The van der Waals surface area contributed by atoms with Crippen LogP contribution in [-0.2, 0) is 4.79 Å². The van der Waals surface area contributed by atoms with Crippen molar-refractivity contribution in [1.82, 2.24) is 4.90 Å². The Morgan fingerprint density at radius 3 is 2.81 bits per heavy atom. The molecular weight excluding hydrogens is 282 g/mol. The Morgan fingerprint density at radius 2 is 2.14 bits per heavy atom. The minimum atomic E-state index is -0.00843. The smallest absolute Gasteiger partial charge is 0.238 e. The fourth-order valence-electron chi connectivity index (χ4n) is 3.01. The second-order valence-corrected chi connectivity index (χ2v) is 6.06. The molecule has 0 aromatic heterocycles. The third kappa shape index (κ3) is 3.80. The fraction of sp³-hybridized carbons (Fsp3) is 0.500. The Hall–Kier alpha value is -1.46. The highest BCUT2D eigenvalue weighted by Crippen LogP contribution is 2.25. The predicted molar refractivity (Wildman–Crippen MR) is 90.4 cm³/mol. The lowest BCUT2D eigenvalue weighted by Gasteiger charge is -2.27. The summed E-state index contributed by atoms with van der Waals surface area (Å²) in [6.07, 6.45) is 3.42. The summed E-state index contributed by atoms with van der Waals surface area (Å²) in [4.78, 5) is 14.9. The van der Waals surface area contributed by atoms with Crippen LogP contribution in [0.4, 0.5) is 5.69 Å². The van der Waals surface area contributed by atoms with Crippen molar-refractivity contribution in [1.29, 1.82) is 0 Å². The van der Waals surface area contributed by atoms with Crippen molar-refractivity contribution in [2.75, 3.05) is 11.9 Å². The first kappa shape index (κ1) is 15.9. The number of nitrogens with one attached hydrogen (secondary N) is 1. The topological polar surface area (TPSA) is 58.4 Å². The summed E-state index contributed by atoms with van der Waals surface area (Å²) >= 11 is 5.02. The number of para-hydroxylation sites is 1. The minimum Gasteiger partial charge on any atom is -0.389 e. The Bertz CT molecular complexity index is 532. The van der Waals surface area contributed by atoms with E-state index in [1.807, 2.05) is 24.3 Å². The van der Waals surface area contributed by atoms with E-state index in [1.165, 1.54) is 6.42 Å². The minimum absolute atomic E-state index is 0.00843. The maximum absolute atomic E-state index is 12.3. The quantitative estimate of drug-likeness (QED) is 0.821. The van der Waals surface area contributed by atoms with Crippen LogP contribution in [0.15, 0.2) is 24.3 Å². The number of thiocarbonyl (C=S) groups is 1. The number of anilines is 1. The van der Waals surface area contributed by atoms with Crippen molar-refractivity contribution in [2.45, 2.75) is 45.2 Å². The number of hydrogen-bond acceptors (Lipinski definition) is 3. The molecule has 1 amide bonds. The number of rotatable bonds is 5. The highest BCUT2D eigenvalue weighted by molar-refractivity contribution is 7.80. The van der Waals surface area contributed by atoms with Gasteiger partial charge in [0.25, 0.3) is 0 Å². The Labute approximate surface area is 131 Å². The van der Waals surface area contributed by atoms with Gasteiger partial charge in [-0.05, 0) is 38.3 Å².